The van der Waals surface area contributed by atoms with Crippen molar-refractivity contribution >= 4 is 16.6 Å². The fourth-order valence-corrected chi connectivity index (χ4v) is 3.46. The number of nitrogens with zero attached hydrogens (tertiary/aromatic N) is 3. The summed E-state index contributed by atoms with van der Waals surface area (Å²) in [6, 6.07) is 15.5. The van der Waals surface area contributed by atoms with Gasteiger partial charge in [-0.1, -0.05) is 23.4 Å². The summed E-state index contributed by atoms with van der Waals surface area (Å²) in [6.07, 6.45) is 0. The molecule has 1 aliphatic rings. The Balaban J connectivity index is 1.91. The number of methoxy groups -OCH3 is 1. The maximum absolute atomic E-state index is 10.5. The highest BCUT2D eigenvalue weighted by atomic mass is 16.9. The lowest BCUT2D eigenvalue weighted by Crippen LogP contribution is -2.26. The molecule has 0 aliphatic carbocycles. The largest absolute Gasteiger partial charge is 0.497 e. The summed E-state index contributed by atoms with van der Waals surface area (Å²) >= 11 is 0. The standard InChI is InChI=1S/C19H15N3O4/c1-11-16-18-17(22(23)26-19(16)20-25-11)14-5-3-4-6-15(14)21(18)12-7-9-13(24-2)10-8-12/h3-10,23H,1-2H3. The van der Waals surface area contributed by atoms with Crippen LogP contribution >= 0.6 is 0 Å². The van der Waals surface area contributed by atoms with Gasteiger partial charge in [-0.15, -0.1) is 0 Å². The first-order valence-corrected chi connectivity index (χ1v) is 8.10. The van der Waals surface area contributed by atoms with Gasteiger partial charge in [0.15, 0.2) is 0 Å². The van der Waals surface area contributed by atoms with E-state index in [1.54, 1.807) is 7.11 Å². The monoisotopic (exact) mass is 349 g/mol. The quantitative estimate of drug-likeness (QED) is 0.587. The number of aromatic nitrogens is 2. The molecule has 0 saturated carbocycles. The SMILES string of the molecule is COc1ccc(-n2c3c(c4ccccc42)N(O)Oc2noc(C)c2-3)cc1. The topological polar surface area (TPSA) is 72.9 Å². The van der Waals surface area contributed by atoms with Gasteiger partial charge in [0.25, 0.3) is 5.88 Å². The van der Waals surface area contributed by atoms with Crippen molar-refractivity contribution in [3.63, 3.8) is 0 Å². The Hall–Kier alpha value is -3.45. The van der Waals surface area contributed by atoms with Crippen LogP contribution in [0.2, 0.25) is 0 Å². The second kappa shape index (κ2) is 5.27. The van der Waals surface area contributed by atoms with E-state index in [9.17, 15) is 5.21 Å². The third-order valence-electron chi connectivity index (χ3n) is 4.61. The number of benzene rings is 2. The number of ether oxygens (including phenoxy) is 1. The minimum atomic E-state index is 0.232. The number of para-hydroxylation sites is 1. The maximum Gasteiger partial charge on any atom is 0.297 e. The number of anilines is 1. The van der Waals surface area contributed by atoms with Crippen LogP contribution in [0.1, 0.15) is 5.76 Å². The van der Waals surface area contributed by atoms with Gasteiger partial charge in [0.1, 0.15) is 22.8 Å². The van der Waals surface area contributed by atoms with Gasteiger partial charge in [-0.3, -0.25) is 5.21 Å². The van der Waals surface area contributed by atoms with Gasteiger partial charge in [-0.25, -0.2) is 0 Å². The fourth-order valence-electron chi connectivity index (χ4n) is 3.46. The molecule has 2 aromatic carbocycles. The zero-order valence-corrected chi connectivity index (χ0v) is 14.1. The second-order valence-electron chi connectivity index (χ2n) is 6.03. The molecule has 0 radical (unpaired) electrons. The van der Waals surface area contributed by atoms with E-state index in [1.165, 1.54) is 0 Å². The average molecular weight is 349 g/mol. The molecule has 0 saturated heterocycles. The van der Waals surface area contributed by atoms with Gasteiger partial charge in [-0.2, -0.15) is 0 Å². The van der Waals surface area contributed by atoms with Crippen molar-refractivity contribution in [3.05, 3.63) is 54.3 Å². The second-order valence-corrected chi connectivity index (χ2v) is 6.03. The smallest absolute Gasteiger partial charge is 0.297 e. The highest BCUT2D eigenvalue weighted by molar-refractivity contribution is 6.04. The lowest BCUT2D eigenvalue weighted by molar-refractivity contribution is 0.0433. The maximum atomic E-state index is 10.5. The van der Waals surface area contributed by atoms with Gasteiger partial charge in [0, 0.05) is 11.1 Å². The highest BCUT2D eigenvalue weighted by Crippen LogP contribution is 2.49. The number of hydrogen-bond donors (Lipinski definition) is 1. The van der Waals surface area contributed by atoms with Crippen LogP contribution < -0.4 is 14.8 Å². The molecule has 0 fully saturated rings. The molecule has 0 unspecified atom stereocenters. The van der Waals surface area contributed by atoms with E-state index in [0.717, 1.165) is 38.8 Å². The van der Waals surface area contributed by atoms with Gasteiger partial charge < -0.3 is 18.7 Å². The van der Waals surface area contributed by atoms with Gasteiger partial charge in [0.2, 0.25) is 0 Å². The molecule has 26 heavy (non-hydrogen) atoms. The predicted octanol–water partition coefficient (Wildman–Crippen LogP) is 4.11. The van der Waals surface area contributed by atoms with E-state index in [-0.39, 0.29) is 5.88 Å². The average Bonchev–Trinajstić information content (AvgIpc) is 3.20. The summed E-state index contributed by atoms with van der Waals surface area (Å²) in [6.45, 7) is 1.82. The molecule has 5 rings (SSSR count). The van der Waals surface area contributed by atoms with Crippen LogP contribution in [0.25, 0.3) is 27.8 Å². The molecule has 0 bridgehead atoms. The van der Waals surface area contributed by atoms with E-state index in [1.807, 2.05) is 55.5 Å². The van der Waals surface area contributed by atoms with Gasteiger partial charge >= 0.3 is 0 Å². The van der Waals surface area contributed by atoms with E-state index < -0.39 is 0 Å². The predicted molar refractivity (Wildman–Crippen MR) is 95.0 cm³/mol. The van der Waals surface area contributed by atoms with Crippen LogP contribution in [-0.4, -0.2) is 22.0 Å². The molecule has 7 nitrogen and oxygen atoms in total. The zero-order valence-electron chi connectivity index (χ0n) is 14.1. The molecule has 0 spiro atoms. The van der Waals surface area contributed by atoms with Crippen LogP contribution in [0.5, 0.6) is 11.6 Å². The Kier molecular flexibility index (Phi) is 3.01. The summed E-state index contributed by atoms with van der Waals surface area (Å²) in [5.41, 5.74) is 3.88. The molecule has 2 aromatic heterocycles. The van der Waals surface area contributed by atoms with E-state index >= 15 is 0 Å². The first kappa shape index (κ1) is 14.9. The van der Waals surface area contributed by atoms with Crippen molar-refractivity contribution in [1.82, 2.24) is 9.72 Å². The normalized spacial score (nSPS) is 12.7. The first-order valence-electron chi connectivity index (χ1n) is 8.10. The highest BCUT2D eigenvalue weighted by Gasteiger charge is 2.35. The Morgan fingerprint density at radius 1 is 1.08 bits per heavy atom. The minimum absolute atomic E-state index is 0.232. The zero-order chi connectivity index (χ0) is 17.8. The molecule has 4 aromatic rings. The van der Waals surface area contributed by atoms with Crippen LogP contribution in [0, 0.1) is 6.92 Å². The summed E-state index contributed by atoms with van der Waals surface area (Å²) in [5.74, 6) is 1.62. The summed E-state index contributed by atoms with van der Waals surface area (Å²) in [5, 5.41) is 16.0. The Labute approximate surface area is 148 Å². The van der Waals surface area contributed by atoms with Crippen LogP contribution in [0.3, 0.4) is 0 Å². The fraction of sp³-hybridized carbons (Fsp3) is 0.105. The van der Waals surface area contributed by atoms with Crippen molar-refractivity contribution in [3.8, 4) is 28.6 Å². The summed E-state index contributed by atoms with van der Waals surface area (Å²) < 4.78 is 12.6. The van der Waals surface area contributed by atoms with Gasteiger partial charge in [-0.05, 0) is 42.4 Å². The first-order chi connectivity index (χ1) is 12.7. The van der Waals surface area contributed by atoms with Crippen molar-refractivity contribution in [2.24, 2.45) is 0 Å². The third kappa shape index (κ3) is 1.89. The van der Waals surface area contributed by atoms with Crippen molar-refractivity contribution in [1.29, 1.82) is 0 Å². The van der Waals surface area contributed by atoms with Crippen LogP contribution in [-0.2, 0) is 0 Å². The Morgan fingerprint density at radius 2 is 1.85 bits per heavy atom. The van der Waals surface area contributed by atoms with Crippen molar-refractivity contribution in [2.75, 3.05) is 12.3 Å². The third-order valence-corrected chi connectivity index (χ3v) is 4.61. The number of hydrogen-bond acceptors (Lipinski definition) is 6. The van der Waals surface area contributed by atoms with Crippen LogP contribution in [0.15, 0.2) is 53.1 Å². The van der Waals surface area contributed by atoms with Crippen LogP contribution in [0.4, 0.5) is 5.69 Å². The Bertz CT molecular complexity index is 1130. The molecular formula is C19H15N3O4. The van der Waals surface area contributed by atoms with Gasteiger partial charge in [0.05, 0.1) is 18.3 Å². The molecule has 7 heteroatoms. The lowest BCUT2D eigenvalue weighted by Gasteiger charge is -2.22. The van der Waals surface area contributed by atoms with E-state index in [2.05, 4.69) is 9.72 Å². The lowest BCUT2D eigenvalue weighted by atomic mass is 10.1. The number of fused-ring (bicyclic) bond motifs is 5. The van der Waals surface area contributed by atoms with E-state index in [4.69, 9.17) is 14.1 Å². The van der Waals surface area contributed by atoms with Crippen molar-refractivity contribution < 1.29 is 19.3 Å². The van der Waals surface area contributed by atoms with Crippen molar-refractivity contribution in [2.45, 2.75) is 6.92 Å². The minimum Gasteiger partial charge on any atom is -0.497 e. The Morgan fingerprint density at radius 3 is 2.62 bits per heavy atom. The summed E-state index contributed by atoms with van der Waals surface area (Å²) in [7, 11) is 1.63. The van der Waals surface area contributed by atoms with E-state index in [0.29, 0.717) is 11.4 Å². The molecule has 3 heterocycles. The summed E-state index contributed by atoms with van der Waals surface area (Å²) in [4.78, 5) is 5.42. The molecule has 130 valence electrons. The molecule has 1 N–H and O–H groups in total. The molecule has 0 atom stereocenters. The number of aryl methyl sites for hydroxylation is 1. The number of rotatable bonds is 2. The molecule has 1 aliphatic heterocycles. The molecular weight excluding hydrogens is 334 g/mol. The molecule has 0 amide bonds.